The van der Waals surface area contributed by atoms with Crippen LogP contribution >= 0.6 is 0 Å². The zero-order valence-corrected chi connectivity index (χ0v) is 21.7. The standard InChI is InChI=1S/C15H15N3O2.C13H16O6/c1-17-8-14(19)18-7-12-10(6-13(18)15(17)20)9-4-2-3-5-11(9)16-12;1-17-9-4-2-3-5-10(9)18-12-7-8(14)6-11(19-12)13(15)16/h2-5,13,16H,6-8H2,1H3;2-5,8,11-12,14H,6-7H2,1H3,(H,15,16)/t13-;8-,11-,12+/m10/s1. The number of aromatic nitrogens is 1. The minimum absolute atomic E-state index is 0.0291. The summed E-state index contributed by atoms with van der Waals surface area (Å²) in [5.74, 6) is -0.0550. The number of carbonyl (C=O) groups excluding carboxylic acids is 2. The summed E-state index contributed by atoms with van der Waals surface area (Å²) < 4.78 is 16.0. The largest absolute Gasteiger partial charge is 0.493 e. The molecule has 0 bridgehead atoms. The third kappa shape index (κ3) is 5.41. The van der Waals surface area contributed by atoms with E-state index >= 15 is 0 Å². The molecular formula is C28H31N3O8. The number of carboxylic acids is 1. The number of aliphatic hydroxyl groups excluding tert-OH is 1. The zero-order chi connectivity index (χ0) is 27.7. The molecule has 11 nitrogen and oxygen atoms in total. The number of methoxy groups -OCH3 is 1. The number of H-pyrrole nitrogens is 1. The van der Waals surface area contributed by atoms with Gasteiger partial charge in [-0.1, -0.05) is 30.3 Å². The molecule has 1 aromatic heterocycles. The molecule has 2 saturated heterocycles. The monoisotopic (exact) mass is 537 g/mol. The summed E-state index contributed by atoms with van der Waals surface area (Å²) in [5.41, 5.74) is 3.32. The van der Waals surface area contributed by atoms with Crippen molar-refractivity contribution in [2.75, 3.05) is 20.7 Å². The van der Waals surface area contributed by atoms with E-state index in [-0.39, 0.29) is 37.2 Å². The Morgan fingerprint density at radius 1 is 1.05 bits per heavy atom. The lowest BCUT2D eigenvalue weighted by molar-refractivity contribution is -0.195. The number of carboxylic acid groups (broad SMARTS) is 1. The van der Waals surface area contributed by atoms with Gasteiger partial charge in [0.2, 0.25) is 18.1 Å². The van der Waals surface area contributed by atoms with Crippen LogP contribution in [0.1, 0.15) is 24.1 Å². The van der Waals surface area contributed by atoms with Crippen LogP contribution in [-0.4, -0.2) is 88.0 Å². The van der Waals surface area contributed by atoms with E-state index in [2.05, 4.69) is 11.1 Å². The van der Waals surface area contributed by atoms with Crippen molar-refractivity contribution in [2.45, 2.75) is 50.3 Å². The summed E-state index contributed by atoms with van der Waals surface area (Å²) in [6, 6.07) is 14.7. The van der Waals surface area contributed by atoms with Gasteiger partial charge in [0.25, 0.3) is 0 Å². The molecule has 0 spiro atoms. The summed E-state index contributed by atoms with van der Waals surface area (Å²) in [7, 11) is 3.21. The lowest BCUT2D eigenvalue weighted by Crippen LogP contribution is -2.60. The second-order valence-electron chi connectivity index (χ2n) is 9.85. The fraction of sp³-hybridized carbons (Fsp3) is 0.393. The van der Waals surface area contributed by atoms with Crippen molar-refractivity contribution in [1.82, 2.24) is 14.8 Å². The number of nitrogens with one attached hydrogen (secondary N) is 1. The fourth-order valence-electron chi connectivity index (χ4n) is 5.27. The molecule has 0 unspecified atom stereocenters. The van der Waals surface area contributed by atoms with Crippen molar-refractivity contribution < 1.29 is 38.8 Å². The molecule has 0 saturated carbocycles. The highest BCUT2D eigenvalue weighted by molar-refractivity contribution is 5.96. The first kappa shape index (κ1) is 26.5. The van der Waals surface area contributed by atoms with Gasteiger partial charge in [-0.2, -0.15) is 0 Å². The molecule has 4 atom stereocenters. The SMILES string of the molecule is CN1CC(=O)N2Cc3[nH]c4ccccc4c3C[C@@H]2C1=O.COc1ccccc1O[C@H]1C[C@@H](O)C[C@@H](C(=O)O)O1. The van der Waals surface area contributed by atoms with Crippen molar-refractivity contribution in [3.63, 3.8) is 0 Å². The molecule has 4 heterocycles. The third-order valence-corrected chi connectivity index (χ3v) is 7.23. The van der Waals surface area contributed by atoms with Gasteiger partial charge in [-0.05, 0) is 23.8 Å². The van der Waals surface area contributed by atoms with Crippen LogP contribution in [0.15, 0.2) is 48.5 Å². The topological polar surface area (TPSA) is 142 Å². The van der Waals surface area contributed by atoms with Crippen LogP contribution in [0.5, 0.6) is 11.5 Å². The predicted octanol–water partition coefficient (Wildman–Crippen LogP) is 1.92. The van der Waals surface area contributed by atoms with E-state index in [1.54, 1.807) is 36.2 Å². The van der Waals surface area contributed by atoms with Crippen LogP contribution in [0.3, 0.4) is 0 Å². The number of hydrogen-bond acceptors (Lipinski definition) is 7. The number of carbonyl (C=O) groups is 3. The van der Waals surface area contributed by atoms with Crippen molar-refractivity contribution in [2.24, 2.45) is 0 Å². The normalized spacial score (nSPS) is 24.4. The van der Waals surface area contributed by atoms with Crippen molar-refractivity contribution in [3.8, 4) is 11.5 Å². The van der Waals surface area contributed by atoms with Gasteiger partial charge in [0.15, 0.2) is 17.6 Å². The molecule has 2 fully saturated rings. The molecule has 0 radical (unpaired) electrons. The van der Waals surface area contributed by atoms with E-state index in [1.807, 2.05) is 18.2 Å². The Bertz CT molecular complexity index is 1390. The van der Waals surface area contributed by atoms with Gasteiger partial charge >= 0.3 is 5.97 Å². The van der Waals surface area contributed by atoms with E-state index in [0.29, 0.717) is 24.5 Å². The van der Waals surface area contributed by atoms with Gasteiger partial charge in [-0.3, -0.25) is 9.59 Å². The molecule has 2 aromatic carbocycles. The average Bonchev–Trinajstić information content (AvgIpc) is 3.29. The van der Waals surface area contributed by atoms with E-state index in [0.717, 1.165) is 16.6 Å². The minimum Gasteiger partial charge on any atom is -0.493 e. The van der Waals surface area contributed by atoms with Gasteiger partial charge in [0.05, 0.1) is 26.3 Å². The average molecular weight is 538 g/mol. The molecule has 3 aliphatic heterocycles. The number of amides is 2. The smallest absolute Gasteiger partial charge is 0.333 e. The second kappa shape index (κ2) is 11.0. The molecule has 3 N–H and O–H groups in total. The Morgan fingerprint density at radius 2 is 1.77 bits per heavy atom. The molecule has 206 valence electrons. The van der Waals surface area contributed by atoms with Gasteiger partial charge in [-0.15, -0.1) is 0 Å². The van der Waals surface area contributed by atoms with Gasteiger partial charge < -0.3 is 39.2 Å². The first-order valence-corrected chi connectivity index (χ1v) is 12.7. The molecule has 3 aliphatic rings. The number of aromatic amines is 1. The number of benzene rings is 2. The number of para-hydroxylation sites is 3. The minimum atomic E-state index is -1.10. The number of likely N-dealkylation sites (N-methyl/N-ethyl adjacent to an activating group) is 1. The third-order valence-electron chi connectivity index (χ3n) is 7.23. The number of hydrogen-bond donors (Lipinski definition) is 3. The molecule has 11 heteroatoms. The highest BCUT2D eigenvalue weighted by Gasteiger charge is 2.41. The quantitative estimate of drug-likeness (QED) is 0.458. The molecule has 6 rings (SSSR count). The Morgan fingerprint density at radius 3 is 2.51 bits per heavy atom. The van der Waals surface area contributed by atoms with Crippen LogP contribution in [0.2, 0.25) is 0 Å². The maximum atomic E-state index is 12.3. The fourth-order valence-corrected chi connectivity index (χ4v) is 5.27. The Hall–Kier alpha value is -4.09. The number of rotatable bonds is 4. The summed E-state index contributed by atoms with van der Waals surface area (Å²) in [4.78, 5) is 41.9. The number of aliphatic carboxylic acids is 1. The van der Waals surface area contributed by atoms with E-state index in [4.69, 9.17) is 19.3 Å². The Balaban J connectivity index is 0.000000158. The molecule has 39 heavy (non-hydrogen) atoms. The Kier molecular flexibility index (Phi) is 7.45. The van der Waals surface area contributed by atoms with E-state index in [1.165, 1.54) is 17.6 Å². The first-order valence-electron chi connectivity index (χ1n) is 12.7. The lowest BCUT2D eigenvalue weighted by atomic mass is 9.94. The van der Waals surface area contributed by atoms with E-state index in [9.17, 15) is 19.5 Å². The van der Waals surface area contributed by atoms with Crippen molar-refractivity contribution in [3.05, 3.63) is 59.8 Å². The molecule has 0 aliphatic carbocycles. The summed E-state index contributed by atoms with van der Waals surface area (Å²) in [5, 5.41) is 19.7. The second-order valence-corrected chi connectivity index (χ2v) is 9.85. The Labute approximate surface area is 224 Å². The van der Waals surface area contributed by atoms with Crippen molar-refractivity contribution >= 4 is 28.7 Å². The summed E-state index contributed by atoms with van der Waals surface area (Å²) >= 11 is 0. The van der Waals surface area contributed by atoms with Gasteiger partial charge in [-0.25, -0.2) is 4.79 Å². The van der Waals surface area contributed by atoms with Crippen LogP contribution in [0.4, 0.5) is 0 Å². The molecule has 3 aromatic rings. The maximum Gasteiger partial charge on any atom is 0.333 e. The summed E-state index contributed by atoms with van der Waals surface area (Å²) in [6.45, 7) is 0.692. The van der Waals surface area contributed by atoms with Crippen molar-refractivity contribution in [1.29, 1.82) is 0 Å². The lowest BCUT2D eigenvalue weighted by Gasteiger charge is -2.41. The number of nitrogens with zero attached hydrogens (tertiary/aromatic N) is 2. The van der Waals surface area contributed by atoms with E-state index < -0.39 is 24.5 Å². The highest BCUT2D eigenvalue weighted by atomic mass is 16.7. The summed E-state index contributed by atoms with van der Waals surface area (Å²) in [6.07, 6.45) is -1.71. The number of fused-ring (bicyclic) bond motifs is 4. The van der Waals surface area contributed by atoms with Crippen LogP contribution in [0.25, 0.3) is 10.9 Å². The number of ether oxygens (including phenoxy) is 3. The van der Waals surface area contributed by atoms with Gasteiger partial charge in [0, 0.05) is 42.9 Å². The predicted molar refractivity (Wildman–Crippen MR) is 139 cm³/mol. The number of piperazine rings is 1. The zero-order valence-electron chi connectivity index (χ0n) is 21.7. The van der Waals surface area contributed by atoms with Crippen LogP contribution in [0, 0.1) is 0 Å². The van der Waals surface area contributed by atoms with Gasteiger partial charge in [0.1, 0.15) is 6.04 Å². The molecular weight excluding hydrogens is 506 g/mol. The maximum absolute atomic E-state index is 12.3. The molecule has 2 amide bonds. The van der Waals surface area contributed by atoms with Crippen LogP contribution in [-0.2, 0) is 32.1 Å². The van der Waals surface area contributed by atoms with Crippen LogP contribution < -0.4 is 9.47 Å². The number of aliphatic hydroxyl groups is 1. The first-order chi connectivity index (χ1) is 18.7. The highest BCUT2D eigenvalue weighted by Crippen LogP contribution is 2.32.